The Bertz CT molecular complexity index is 955. The number of carboxylic acids is 2. The van der Waals surface area contributed by atoms with Gasteiger partial charge in [0.15, 0.2) is 0 Å². The molecule has 0 fully saturated rings. The van der Waals surface area contributed by atoms with E-state index < -0.39 is 59.9 Å². The highest BCUT2D eigenvalue weighted by molar-refractivity contribution is 5.94. The van der Waals surface area contributed by atoms with Gasteiger partial charge in [-0.3, -0.25) is 19.2 Å². The Balaban J connectivity index is 3.08. The van der Waals surface area contributed by atoms with Crippen molar-refractivity contribution in [2.24, 2.45) is 11.5 Å². The molecule has 0 aliphatic carbocycles. The number of hydrogen-bond donors (Lipinski definition) is 9. The van der Waals surface area contributed by atoms with Crippen molar-refractivity contribution in [1.82, 2.24) is 16.0 Å². The third-order valence-corrected chi connectivity index (χ3v) is 5.64. The van der Waals surface area contributed by atoms with E-state index in [4.69, 9.17) is 16.6 Å². The second kappa shape index (κ2) is 16.2. The number of phenolic OH excluding ortho intramolecular Hbond substituents is 1. The summed E-state index contributed by atoms with van der Waals surface area (Å²) in [6.45, 7) is 1.58. The van der Waals surface area contributed by atoms with E-state index in [0.29, 0.717) is 24.9 Å². The topological polar surface area (TPSA) is 254 Å². The van der Waals surface area contributed by atoms with E-state index in [1.807, 2.05) is 0 Å². The van der Waals surface area contributed by atoms with Crippen LogP contribution in [0, 0.1) is 0 Å². The average Bonchev–Trinajstić information content (AvgIpc) is 2.85. The first-order chi connectivity index (χ1) is 17.8. The van der Waals surface area contributed by atoms with Gasteiger partial charge < -0.3 is 47.8 Å². The van der Waals surface area contributed by atoms with Crippen LogP contribution in [0.5, 0.6) is 5.75 Å². The lowest BCUT2D eigenvalue weighted by Crippen LogP contribution is -2.60. The van der Waals surface area contributed by atoms with Gasteiger partial charge in [-0.1, -0.05) is 12.1 Å². The molecule has 0 aliphatic rings. The number of aliphatic carboxylic acids is 2. The summed E-state index contributed by atoms with van der Waals surface area (Å²) >= 11 is 0. The molecule has 5 unspecified atom stereocenters. The van der Waals surface area contributed by atoms with Gasteiger partial charge in [-0.25, -0.2) is 4.79 Å². The number of nitrogens with one attached hydrogen (secondary N) is 3. The van der Waals surface area contributed by atoms with Crippen LogP contribution in [0.1, 0.15) is 44.6 Å². The summed E-state index contributed by atoms with van der Waals surface area (Å²) in [6, 6.07) is 0.386. The average molecular weight is 540 g/mol. The SMILES string of the molecule is CC(O)C(NC(=O)C(N)CCC(=O)O)C(=O)NC(Cc1ccc(O)cc1)C(=O)NC(CCCCN)C(=O)O. The Labute approximate surface area is 219 Å². The van der Waals surface area contributed by atoms with E-state index in [0.717, 1.165) is 0 Å². The number of rotatable bonds is 17. The van der Waals surface area contributed by atoms with Crippen LogP contribution in [0.4, 0.5) is 0 Å². The fraction of sp³-hybridized carbons (Fsp3) is 0.542. The second-order valence-corrected chi connectivity index (χ2v) is 8.88. The van der Waals surface area contributed by atoms with Crippen LogP contribution >= 0.6 is 0 Å². The lowest BCUT2D eigenvalue weighted by molar-refractivity contribution is -0.142. The van der Waals surface area contributed by atoms with Crippen molar-refractivity contribution in [3.8, 4) is 5.75 Å². The van der Waals surface area contributed by atoms with Gasteiger partial charge in [0, 0.05) is 12.8 Å². The predicted molar refractivity (Wildman–Crippen MR) is 135 cm³/mol. The van der Waals surface area contributed by atoms with Crippen molar-refractivity contribution in [3.63, 3.8) is 0 Å². The normalized spacial score (nSPS) is 14.8. The van der Waals surface area contributed by atoms with Crippen LogP contribution in [0.2, 0.25) is 0 Å². The maximum atomic E-state index is 13.1. The van der Waals surface area contributed by atoms with Gasteiger partial charge >= 0.3 is 11.9 Å². The third-order valence-electron chi connectivity index (χ3n) is 5.64. The lowest BCUT2D eigenvalue weighted by atomic mass is 10.0. The van der Waals surface area contributed by atoms with Gasteiger partial charge in [0.1, 0.15) is 23.9 Å². The van der Waals surface area contributed by atoms with E-state index in [9.17, 15) is 39.3 Å². The highest BCUT2D eigenvalue weighted by Gasteiger charge is 2.32. The molecular weight excluding hydrogens is 502 g/mol. The molecule has 5 atom stereocenters. The van der Waals surface area contributed by atoms with Gasteiger partial charge in [-0.05, 0) is 56.8 Å². The van der Waals surface area contributed by atoms with Gasteiger partial charge in [0.25, 0.3) is 0 Å². The highest BCUT2D eigenvalue weighted by atomic mass is 16.4. The van der Waals surface area contributed by atoms with E-state index in [1.54, 1.807) is 0 Å². The molecule has 0 saturated carbocycles. The Morgan fingerprint density at radius 3 is 2.00 bits per heavy atom. The number of phenols is 1. The van der Waals surface area contributed by atoms with E-state index in [-0.39, 0.29) is 31.4 Å². The number of aliphatic hydroxyl groups excluding tert-OH is 1. The molecule has 0 radical (unpaired) electrons. The molecule has 0 aromatic heterocycles. The van der Waals surface area contributed by atoms with Crippen molar-refractivity contribution in [3.05, 3.63) is 29.8 Å². The quantitative estimate of drug-likeness (QED) is 0.0995. The number of carbonyl (C=O) groups is 5. The van der Waals surface area contributed by atoms with Crippen LogP contribution in [-0.4, -0.2) is 86.9 Å². The largest absolute Gasteiger partial charge is 0.508 e. The van der Waals surface area contributed by atoms with Crippen molar-refractivity contribution < 1.29 is 44.4 Å². The molecule has 14 nitrogen and oxygen atoms in total. The standard InChI is InChI=1S/C24H37N5O9/c1-13(30)20(29-21(34)16(26)9-10-19(32)33)23(36)28-18(12-14-5-7-15(31)8-6-14)22(35)27-17(24(37)38)4-2-3-11-25/h5-8,13,16-18,20,30-31H,2-4,9-12,25-26H2,1H3,(H,27,35)(H,28,36)(H,29,34)(H,32,33)(H,37,38). The molecule has 0 bridgehead atoms. The zero-order valence-electron chi connectivity index (χ0n) is 21.1. The van der Waals surface area contributed by atoms with Crippen LogP contribution in [0.3, 0.4) is 0 Å². The molecule has 1 aromatic carbocycles. The number of aromatic hydroxyl groups is 1. The zero-order chi connectivity index (χ0) is 28.8. The zero-order valence-corrected chi connectivity index (χ0v) is 21.1. The molecular formula is C24H37N5O9. The van der Waals surface area contributed by atoms with E-state index in [1.165, 1.54) is 31.2 Å². The molecule has 11 N–H and O–H groups in total. The van der Waals surface area contributed by atoms with Crippen molar-refractivity contribution in [2.75, 3.05) is 6.54 Å². The van der Waals surface area contributed by atoms with Gasteiger partial charge in [-0.2, -0.15) is 0 Å². The molecule has 38 heavy (non-hydrogen) atoms. The molecule has 0 spiro atoms. The van der Waals surface area contributed by atoms with Crippen molar-refractivity contribution in [2.45, 2.75) is 75.7 Å². The number of amides is 3. The lowest BCUT2D eigenvalue weighted by Gasteiger charge is -2.26. The van der Waals surface area contributed by atoms with Crippen LogP contribution in [0.15, 0.2) is 24.3 Å². The molecule has 212 valence electrons. The minimum absolute atomic E-state index is 0.0271. The molecule has 1 rings (SSSR count). The predicted octanol–water partition coefficient (Wildman–Crippen LogP) is -1.82. The summed E-state index contributed by atoms with van der Waals surface area (Å²) in [5.41, 5.74) is 11.6. The fourth-order valence-corrected chi connectivity index (χ4v) is 3.44. The second-order valence-electron chi connectivity index (χ2n) is 8.88. The fourth-order valence-electron chi connectivity index (χ4n) is 3.44. The summed E-state index contributed by atoms with van der Waals surface area (Å²) in [5, 5.41) is 45.0. The summed E-state index contributed by atoms with van der Waals surface area (Å²) < 4.78 is 0. The number of nitrogens with two attached hydrogens (primary N) is 2. The van der Waals surface area contributed by atoms with Gasteiger partial charge in [0.2, 0.25) is 17.7 Å². The highest BCUT2D eigenvalue weighted by Crippen LogP contribution is 2.12. The summed E-state index contributed by atoms with van der Waals surface area (Å²) in [6.07, 6.45) is -1.01. The number of carboxylic acid groups (broad SMARTS) is 2. The van der Waals surface area contributed by atoms with Crippen LogP contribution in [-0.2, 0) is 30.4 Å². The first kappa shape index (κ1) is 32.3. The van der Waals surface area contributed by atoms with E-state index in [2.05, 4.69) is 16.0 Å². The third kappa shape index (κ3) is 11.5. The van der Waals surface area contributed by atoms with Crippen molar-refractivity contribution >= 4 is 29.7 Å². The Kier molecular flexibility index (Phi) is 13.7. The first-order valence-corrected chi connectivity index (χ1v) is 12.1. The number of aliphatic hydroxyl groups is 1. The Hall–Kier alpha value is -3.75. The van der Waals surface area contributed by atoms with E-state index >= 15 is 0 Å². The molecule has 14 heteroatoms. The minimum atomic E-state index is -1.55. The maximum absolute atomic E-state index is 13.1. The maximum Gasteiger partial charge on any atom is 0.326 e. The monoisotopic (exact) mass is 539 g/mol. The Morgan fingerprint density at radius 2 is 1.47 bits per heavy atom. The van der Waals surface area contributed by atoms with Crippen LogP contribution < -0.4 is 27.4 Å². The van der Waals surface area contributed by atoms with Crippen LogP contribution in [0.25, 0.3) is 0 Å². The minimum Gasteiger partial charge on any atom is -0.508 e. The molecule has 1 aromatic rings. The Morgan fingerprint density at radius 1 is 0.868 bits per heavy atom. The molecule has 0 aliphatic heterocycles. The van der Waals surface area contributed by atoms with Gasteiger partial charge in [0.05, 0.1) is 12.1 Å². The van der Waals surface area contributed by atoms with Crippen molar-refractivity contribution in [1.29, 1.82) is 0 Å². The summed E-state index contributed by atoms with van der Waals surface area (Å²) in [4.78, 5) is 60.9. The number of unbranched alkanes of at least 4 members (excludes halogenated alkanes) is 1. The molecule has 0 saturated heterocycles. The van der Waals surface area contributed by atoms with Gasteiger partial charge in [-0.15, -0.1) is 0 Å². The molecule has 0 heterocycles. The summed E-state index contributed by atoms with van der Waals surface area (Å²) in [5.74, 6) is -5.11. The number of benzene rings is 1. The number of hydrogen-bond acceptors (Lipinski definition) is 9. The molecule has 3 amide bonds. The first-order valence-electron chi connectivity index (χ1n) is 12.1. The number of carbonyl (C=O) groups excluding carboxylic acids is 3. The summed E-state index contributed by atoms with van der Waals surface area (Å²) in [7, 11) is 0. The smallest absolute Gasteiger partial charge is 0.326 e.